The second-order valence-electron chi connectivity index (χ2n) is 4.40. The Balaban J connectivity index is 2.41. The summed E-state index contributed by atoms with van der Waals surface area (Å²) in [6, 6.07) is 8.18. The summed E-state index contributed by atoms with van der Waals surface area (Å²) in [5.41, 5.74) is 2.52. The number of nitriles is 1. The van der Waals surface area contributed by atoms with Gasteiger partial charge in [-0.15, -0.1) is 0 Å². The first-order valence-electron chi connectivity index (χ1n) is 5.58. The molecule has 16 heavy (non-hydrogen) atoms. The van der Waals surface area contributed by atoms with Crippen LogP contribution in [-0.4, -0.2) is 18.2 Å². The fraction of sp³-hybridized carbons (Fsp3) is 0.462. The van der Waals surface area contributed by atoms with Crippen LogP contribution in [0.25, 0.3) is 0 Å². The Labute approximate surface area is 95.9 Å². The average Bonchev–Trinajstić information content (AvgIpc) is 3.11. The van der Waals surface area contributed by atoms with Gasteiger partial charge in [0.2, 0.25) is 0 Å². The molecule has 1 aromatic rings. The summed E-state index contributed by atoms with van der Waals surface area (Å²) in [4.78, 5) is 2.17. The Morgan fingerprint density at radius 1 is 1.50 bits per heavy atom. The number of anilines is 1. The third-order valence-corrected chi connectivity index (χ3v) is 3.08. The van der Waals surface area contributed by atoms with E-state index in [1.165, 1.54) is 12.8 Å². The van der Waals surface area contributed by atoms with E-state index in [-0.39, 0.29) is 0 Å². The molecular formula is C13H16N2O. The fourth-order valence-corrected chi connectivity index (χ4v) is 1.93. The Morgan fingerprint density at radius 2 is 2.19 bits per heavy atom. The van der Waals surface area contributed by atoms with Crippen molar-refractivity contribution in [1.29, 1.82) is 5.26 Å². The molecule has 84 valence electrons. The molecule has 2 rings (SSSR count). The topological polar surface area (TPSA) is 47.3 Å². The smallest absolute Gasteiger partial charge is 0.0992 e. The zero-order valence-electron chi connectivity index (χ0n) is 9.64. The van der Waals surface area contributed by atoms with Gasteiger partial charge in [0.15, 0.2) is 0 Å². The normalized spacial score (nSPS) is 16.6. The molecule has 1 aliphatic carbocycles. The number of nitrogens with zero attached hydrogens (tertiary/aromatic N) is 2. The summed E-state index contributed by atoms with van der Waals surface area (Å²) >= 11 is 0. The van der Waals surface area contributed by atoms with Crippen molar-refractivity contribution in [2.75, 3.05) is 11.9 Å². The molecule has 0 heterocycles. The molecule has 1 aliphatic rings. The minimum absolute atomic E-state index is 0.496. The van der Waals surface area contributed by atoms with E-state index in [2.05, 4.69) is 11.0 Å². The highest BCUT2D eigenvalue weighted by atomic mass is 16.3. The number of benzene rings is 1. The van der Waals surface area contributed by atoms with Crippen molar-refractivity contribution in [3.63, 3.8) is 0 Å². The molecule has 1 atom stereocenters. The molecule has 0 saturated heterocycles. The third-order valence-electron chi connectivity index (χ3n) is 3.08. The minimum Gasteiger partial charge on any atom is -0.389 e. The molecule has 1 N–H and O–H groups in total. The molecular weight excluding hydrogens is 200 g/mol. The lowest BCUT2D eigenvalue weighted by atomic mass is 10.0. The van der Waals surface area contributed by atoms with Crippen LogP contribution >= 0.6 is 0 Å². The number of aliphatic hydroxyl groups excluding tert-OH is 1. The number of rotatable bonds is 3. The maximum atomic E-state index is 9.71. The number of hydrogen-bond acceptors (Lipinski definition) is 3. The van der Waals surface area contributed by atoms with Crippen molar-refractivity contribution < 1.29 is 5.11 Å². The maximum Gasteiger partial charge on any atom is 0.0992 e. The standard InChI is InChI=1S/C13H16N2O/c1-9(16)12-6-3-10(8-14)7-13(12)15(2)11-4-5-11/h3,6-7,9,11,16H,4-5H2,1-2H3/t9-/m0/s1. The molecule has 1 saturated carbocycles. The Kier molecular flexibility index (Phi) is 2.84. The van der Waals surface area contributed by atoms with Gasteiger partial charge >= 0.3 is 0 Å². The molecule has 0 bridgehead atoms. The quantitative estimate of drug-likeness (QED) is 0.842. The predicted octanol–water partition coefficient (Wildman–Crippen LogP) is 2.21. The molecule has 3 nitrogen and oxygen atoms in total. The Bertz CT molecular complexity index is 430. The van der Waals surface area contributed by atoms with Gasteiger partial charge in [-0.05, 0) is 31.9 Å². The molecule has 0 aromatic heterocycles. The summed E-state index contributed by atoms with van der Waals surface area (Å²) in [5, 5.41) is 18.6. The highest BCUT2D eigenvalue weighted by Gasteiger charge is 2.28. The van der Waals surface area contributed by atoms with E-state index in [1.807, 2.05) is 19.2 Å². The predicted molar refractivity (Wildman–Crippen MR) is 63.2 cm³/mol. The van der Waals surface area contributed by atoms with Crippen LogP contribution in [0.1, 0.15) is 37.0 Å². The van der Waals surface area contributed by atoms with Crippen molar-refractivity contribution in [3.8, 4) is 6.07 Å². The summed E-state index contributed by atoms with van der Waals surface area (Å²) in [6.45, 7) is 1.76. The zero-order valence-corrected chi connectivity index (χ0v) is 9.64. The minimum atomic E-state index is -0.496. The van der Waals surface area contributed by atoms with Gasteiger partial charge in [0.05, 0.1) is 17.7 Å². The van der Waals surface area contributed by atoms with Crippen LogP contribution < -0.4 is 4.90 Å². The van der Waals surface area contributed by atoms with Crippen LogP contribution in [-0.2, 0) is 0 Å². The molecule has 3 heteroatoms. The first-order chi connectivity index (χ1) is 7.63. The van der Waals surface area contributed by atoms with Gasteiger partial charge in [-0.25, -0.2) is 0 Å². The van der Waals surface area contributed by atoms with Gasteiger partial charge in [-0.1, -0.05) is 6.07 Å². The van der Waals surface area contributed by atoms with Gasteiger partial charge in [0, 0.05) is 24.3 Å². The van der Waals surface area contributed by atoms with E-state index >= 15 is 0 Å². The zero-order chi connectivity index (χ0) is 11.7. The molecule has 0 aliphatic heterocycles. The van der Waals surface area contributed by atoms with Crippen molar-refractivity contribution in [2.24, 2.45) is 0 Å². The molecule has 0 amide bonds. The number of hydrogen-bond donors (Lipinski definition) is 1. The van der Waals surface area contributed by atoms with Gasteiger partial charge in [-0.3, -0.25) is 0 Å². The average molecular weight is 216 g/mol. The van der Waals surface area contributed by atoms with Crippen LogP contribution in [0.2, 0.25) is 0 Å². The molecule has 0 unspecified atom stereocenters. The Morgan fingerprint density at radius 3 is 2.69 bits per heavy atom. The molecule has 0 radical (unpaired) electrons. The highest BCUT2D eigenvalue weighted by molar-refractivity contribution is 5.59. The molecule has 1 fully saturated rings. The maximum absolute atomic E-state index is 9.71. The molecule has 0 spiro atoms. The highest BCUT2D eigenvalue weighted by Crippen LogP contribution is 2.34. The summed E-state index contributed by atoms with van der Waals surface area (Å²) in [5.74, 6) is 0. The van der Waals surface area contributed by atoms with E-state index in [0.29, 0.717) is 11.6 Å². The largest absolute Gasteiger partial charge is 0.389 e. The van der Waals surface area contributed by atoms with Crippen molar-refractivity contribution in [3.05, 3.63) is 29.3 Å². The van der Waals surface area contributed by atoms with E-state index in [9.17, 15) is 5.11 Å². The van der Waals surface area contributed by atoms with E-state index < -0.39 is 6.10 Å². The van der Waals surface area contributed by atoms with Gasteiger partial charge in [0.1, 0.15) is 0 Å². The van der Waals surface area contributed by atoms with Crippen LogP contribution in [0, 0.1) is 11.3 Å². The van der Waals surface area contributed by atoms with Gasteiger partial charge in [-0.2, -0.15) is 5.26 Å². The summed E-state index contributed by atoms with van der Waals surface area (Å²) in [7, 11) is 2.03. The van der Waals surface area contributed by atoms with E-state index in [0.717, 1.165) is 11.3 Å². The van der Waals surface area contributed by atoms with Gasteiger partial charge in [0.25, 0.3) is 0 Å². The fourth-order valence-electron chi connectivity index (χ4n) is 1.93. The van der Waals surface area contributed by atoms with Crippen LogP contribution in [0.15, 0.2) is 18.2 Å². The lowest BCUT2D eigenvalue weighted by molar-refractivity contribution is 0.199. The lowest BCUT2D eigenvalue weighted by Gasteiger charge is -2.23. The van der Waals surface area contributed by atoms with Crippen LogP contribution in [0.3, 0.4) is 0 Å². The molecule has 1 aromatic carbocycles. The van der Waals surface area contributed by atoms with Crippen molar-refractivity contribution in [1.82, 2.24) is 0 Å². The summed E-state index contributed by atoms with van der Waals surface area (Å²) in [6.07, 6.45) is 1.91. The van der Waals surface area contributed by atoms with E-state index in [1.54, 1.807) is 13.0 Å². The van der Waals surface area contributed by atoms with Gasteiger partial charge < -0.3 is 10.0 Å². The second kappa shape index (κ2) is 4.15. The van der Waals surface area contributed by atoms with E-state index in [4.69, 9.17) is 5.26 Å². The van der Waals surface area contributed by atoms with Crippen LogP contribution in [0.4, 0.5) is 5.69 Å². The monoisotopic (exact) mass is 216 g/mol. The SMILES string of the molecule is C[C@H](O)c1ccc(C#N)cc1N(C)C1CC1. The summed E-state index contributed by atoms with van der Waals surface area (Å²) < 4.78 is 0. The second-order valence-corrected chi connectivity index (χ2v) is 4.40. The first-order valence-corrected chi connectivity index (χ1v) is 5.58. The lowest BCUT2D eigenvalue weighted by Crippen LogP contribution is -2.21. The number of aliphatic hydroxyl groups is 1. The van der Waals surface area contributed by atoms with Crippen LogP contribution in [0.5, 0.6) is 0 Å². The third kappa shape index (κ3) is 2.02. The Hall–Kier alpha value is -1.53. The van der Waals surface area contributed by atoms with Crippen molar-refractivity contribution in [2.45, 2.75) is 31.9 Å². The first kappa shape index (κ1) is 11.0. The van der Waals surface area contributed by atoms with Crippen molar-refractivity contribution >= 4 is 5.69 Å².